The highest BCUT2D eigenvalue weighted by molar-refractivity contribution is 7.91. The molecule has 1 heterocycles. The van der Waals surface area contributed by atoms with Crippen LogP contribution in [0.5, 0.6) is 0 Å². The van der Waals surface area contributed by atoms with Crippen LogP contribution in [-0.4, -0.2) is 51.3 Å². The molecular weight excluding hydrogens is 456 g/mol. The lowest BCUT2D eigenvalue weighted by Crippen LogP contribution is -2.37. The lowest BCUT2D eigenvalue weighted by molar-refractivity contribution is -0.152. The van der Waals surface area contributed by atoms with Gasteiger partial charge in [0.2, 0.25) is 0 Å². The van der Waals surface area contributed by atoms with Gasteiger partial charge in [0.05, 0.1) is 36.6 Å². The molecule has 1 aliphatic heterocycles. The summed E-state index contributed by atoms with van der Waals surface area (Å²) in [7, 11) is -3.66. The summed E-state index contributed by atoms with van der Waals surface area (Å²) >= 11 is 0. The summed E-state index contributed by atoms with van der Waals surface area (Å²) in [5, 5.41) is 0. The monoisotopic (exact) mass is 488 g/mol. The van der Waals surface area contributed by atoms with Crippen LogP contribution in [0.1, 0.15) is 26.3 Å². The number of hydrogen-bond acceptors (Lipinski definition) is 7. The average Bonchev–Trinajstić information content (AvgIpc) is 3.12. The predicted molar refractivity (Wildman–Crippen MR) is 128 cm³/mol. The molecule has 0 bridgehead atoms. The SMILES string of the molecule is CCOC(=O)/C=C/[C@H](CS(=O)(=O)c1ccccc1)[C@H]1OC(C)(C)O[C@@H]1COCc1ccccc1. The van der Waals surface area contributed by atoms with Crippen LogP contribution in [0.3, 0.4) is 0 Å². The molecular formula is C26H32O7S. The van der Waals surface area contributed by atoms with Gasteiger partial charge in [-0.1, -0.05) is 54.6 Å². The van der Waals surface area contributed by atoms with Gasteiger partial charge in [-0.15, -0.1) is 0 Å². The number of hydrogen-bond donors (Lipinski definition) is 0. The van der Waals surface area contributed by atoms with Crippen LogP contribution in [0.4, 0.5) is 0 Å². The zero-order valence-corrected chi connectivity index (χ0v) is 20.6. The van der Waals surface area contributed by atoms with E-state index in [1.165, 1.54) is 12.2 Å². The van der Waals surface area contributed by atoms with Crippen molar-refractivity contribution in [3.8, 4) is 0 Å². The molecule has 1 aliphatic rings. The van der Waals surface area contributed by atoms with Gasteiger partial charge < -0.3 is 18.9 Å². The molecule has 0 spiro atoms. The smallest absolute Gasteiger partial charge is 0.330 e. The van der Waals surface area contributed by atoms with E-state index in [2.05, 4.69) is 0 Å². The molecule has 0 unspecified atom stereocenters. The van der Waals surface area contributed by atoms with Crippen molar-refractivity contribution in [2.75, 3.05) is 19.0 Å². The number of carbonyl (C=O) groups is 1. The van der Waals surface area contributed by atoms with Crippen molar-refractivity contribution in [2.24, 2.45) is 5.92 Å². The van der Waals surface area contributed by atoms with Gasteiger partial charge in [0.1, 0.15) is 6.10 Å². The Hall–Kier alpha value is -2.52. The third-order valence-electron chi connectivity index (χ3n) is 5.32. The third-order valence-corrected chi connectivity index (χ3v) is 7.13. The van der Waals surface area contributed by atoms with Crippen LogP contribution in [0.2, 0.25) is 0 Å². The summed E-state index contributed by atoms with van der Waals surface area (Å²) in [5.74, 6) is -2.40. The number of carbonyl (C=O) groups excluding carboxylic acids is 1. The standard InChI is InChI=1S/C26H32O7S/c1-4-31-24(27)16-15-21(19-34(28,29)22-13-9-6-10-14-22)25-23(32-26(2,3)33-25)18-30-17-20-11-7-5-8-12-20/h5-16,21,23,25H,4,17-19H2,1-3H3/b16-15+/t21-,23-,25-/m1/s1. The molecule has 3 atom stereocenters. The molecule has 2 aromatic carbocycles. The normalized spacial score (nSPS) is 20.9. The fraction of sp³-hybridized carbons (Fsp3) is 0.423. The summed E-state index contributed by atoms with van der Waals surface area (Å²) in [6.07, 6.45) is 1.63. The molecule has 1 fully saturated rings. The first-order valence-corrected chi connectivity index (χ1v) is 13.0. The van der Waals surface area contributed by atoms with Crippen molar-refractivity contribution in [1.29, 1.82) is 0 Å². The van der Waals surface area contributed by atoms with Gasteiger partial charge in [-0.25, -0.2) is 13.2 Å². The van der Waals surface area contributed by atoms with E-state index in [0.717, 1.165) is 5.56 Å². The third kappa shape index (κ3) is 7.50. The fourth-order valence-corrected chi connectivity index (χ4v) is 5.42. The maximum atomic E-state index is 13.2. The van der Waals surface area contributed by atoms with Crippen LogP contribution in [0.15, 0.2) is 77.7 Å². The zero-order valence-electron chi connectivity index (χ0n) is 19.8. The van der Waals surface area contributed by atoms with Gasteiger partial charge in [0.25, 0.3) is 0 Å². The first-order valence-electron chi connectivity index (χ1n) is 11.3. The van der Waals surface area contributed by atoms with E-state index < -0.39 is 39.7 Å². The summed E-state index contributed by atoms with van der Waals surface area (Å²) in [4.78, 5) is 12.2. The number of esters is 1. The Balaban J connectivity index is 1.81. The van der Waals surface area contributed by atoms with Crippen LogP contribution >= 0.6 is 0 Å². The Morgan fingerprint density at radius 2 is 1.71 bits per heavy atom. The highest BCUT2D eigenvalue weighted by Crippen LogP contribution is 2.34. The fourth-order valence-electron chi connectivity index (χ4n) is 3.85. The van der Waals surface area contributed by atoms with Crippen LogP contribution in [0, 0.1) is 5.92 Å². The van der Waals surface area contributed by atoms with Crippen LogP contribution in [0.25, 0.3) is 0 Å². The quantitative estimate of drug-likeness (QED) is 0.350. The van der Waals surface area contributed by atoms with Crippen molar-refractivity contribution in [2.45, 2.75) is 50.3 Å². The highest BCUT2D eigenvalue weighted by atomic mass is 32.2. The molecule has 7 nitrogen and oxygen atoms in total. The molecule has 184 valence electrons. The Kier molecular flexibility index (Phi) is 9.02. The van der Waals surface area contributed by atoms with E-state index >= 15 is 0 Å². The van der Waals surface area contributed by atoms with Crippen molar-refractivity contribution in [1.82, 2.24) is 0 Å². The van der Waals surface area contributed by atoms with Crippen molar-refractivity contribution >= 4 is 15.8 Å². The lowest BCUT2D eigenvalue weighted by Gasteiger charge is -2.24. The van der Waals surface area contributed by atoms with Crippen LogP contribution < -0.4 is 0 Å². The molecule has 0 radical (unpaired) electrons. The molecule has 1 saturated heterocycles. The molecule has 0 amide bonds. The van der Waals surface area contributed by atoms with Gasteiger partial charge in [-0.3, -0.25) is 0 Å². The Labute approximate surface area is 201 Å². The average molecular weight is 489 g/mol. The van der Waals surface area contributed by atoms with Crippen molar-refractivity contribution in [3.63, 3.8) is 0 Å². The molecule has 0 aliphatic carbocycles. The van der Waals surface area contributed by atoms with E-state index in [0.29, 0.717) is 6.61 Å². The first kappa shape index (κ1) is 26.1. The summed E-state index contributed by atoms with van der Waals surface area (Å²) in [6, 6.07) is 17.9. The summed E-state index contributed by atoms with van der Waals surface area (Å²) in [6.45, 7) is 6.07. The molecule has 0 saturated carbocycles. The van der Waals surface area contributed by atoms with E-state index in [-0.39, 0.29) is 23.9 Å². The van der Waals surface area contributed by atoms with Gasteiger partial charge in [0.15, 0.2) is 15.6 Å². The molecule has 8 heteroatoms. The second-order valence-corrected chi connectivity index (χ2v) is 10.5. The molecule has 0 N–H and O–H groups in total. The first-order chi connectivity index (χ1) is 16.2. The second-order valence-electron chi connectivity index (χ2n) is 8.51. The largest absolute Gasteiger partial charge is 0.463 e. The Morgan fingerprint density at radius 3 is 2.35 bits per heavy atom. The maximum Gasteiger partial charge on any atom is 0.330 e. The molecule has 34 heavy (non-hydrogen) atoms. The molecule has 3 rings (SSSR count). The van der Waals surface area contributed by atoms with E-state index in [1.54, 1.807) is 51.1 Å². The van der Waals surface area contributed by atoms with Gasteiger partial charge in [-0.2, -0.15) is 0 Å². The topological polar surface area (TPSA) is 88.1 Å². The van der Waals surface area contributed by atoms with Gasteiger partial charge in [-0.05, 0) is 38.5 Å². The summed E-state index contributed by atoms with van der Waals surface area (Å²) < 4.78 is 49.4. The maximum absolute atomic E-state index is 13.2. The molecule has 2 aromatic rings. The minimum absolute atomic E-state index is 0.206. The van der Waals surface area contributed by atoms with Crippen molar-refractivity contribution in [3.05, 3.63) is 78.4 Å². The van der Waals surface area contributed by atoms with E-state index in [4.69, 9.17) is 18.9 Å². The zero-order chi connectivity index (χ0) is 24.6. The number of sulfone groups is 1. The number of ether oxygens (including phenoxy) is 4. The lowest BCUT2D eigenvalue weighted by atomic mass is 9.99. The minimum Gasteiger partial charge on any atom is -0.463 e. The van der Waals surface area contributed by atoms with E-state index in [9.17, 15) is 13.2 Å². The summed E-state index contributed by atoms with van der Waals surface area (Å²) in [5.41, 5.74) is 1.02. The molecule has 0 aromatic heterocycles. The highest BCUT2D eigenvalue weighted by Gasteiger charge is 2.45. The van der Waals surface area contributed by atoms with Gasteiger partial charge in [0, 0.05) is 12.0 Å². The second kappa shape index (κ2) is 11.8. The van der Waals surface area contributed by atoms with E-state index in [1.807, 2.05) is 30.3 Å². The number of rotatable bonds is 11. The number of benzene rings is 2. The van der Waals surface area contributed by atoms with Crippen LogP contribution in [-0.2, 0) is 40.2 Å². The van der Waals surface area contributed by atoms with Gasteiger partial charge >= 0.3 is 5.97 Å². The Bertz CT molecular complexity index is 1050. The minimum atomic E-state index is -3.66. The Morgan fingerprint density at radius 1 is 1.06 bits per heavy atom. The van der Waals surface area contributed by atoms with Crippen molar-refractivity contribution < 1.29 is 32.2 Å². The predicted octanol–water partition coefficient (Wildman–Crippen LogP) is 3.93.